The second-order valence-corrected chi connectivity index (χ2v) is 6.68. The predicted octanol–water partition coefficient (Wildman–Crippen LogP) is 1.80. The van der Waals surface area contributed by atoms with E-state index in [4.69, 9.17) is 0 Å². The molecule has 0 spiro atoms. The summed E-state index contributed by atoms with van der Waals surface area (Å²) in [6, 6.07) is 0.822. The lowest BCUT2D eigenvalue weighted by atomic mass is 9.67. The van der Waals surface area contributed by atoms with Crippen molar-refractivity contribution in [2.24, 2.45) is 11.3 Å². The molecule has 3 rings (SSSR count). The fourth-order valence-corrected chi connectivity index (χ4v) is 3.82. The van der Waals surface area contributed by atoms with Crippen LogP contribution in [-0.2, 0) is 11.0 Å². The first-order valence-corrected chi connectivity index (χ1v) is 8.55. The van der Waals surface area contributed by atoms with Gasteiger partial charge in [-0.25, -0.2) is 9.97 Å². The van der Waals surface area contributed by atoms with Gasteiger partial charge in [-0.3, -0.25) is 4.79 Å². The van der Waals surface area contributed by atoms with Crippen molar-refractivity contribution in [3.05, 3.63) is 18.0 Å². The van der Waals surface area contributed by atoms with E-state index in [1.165, 1.54) is 0 Å². The molecule has 1 aliphatic heterocycles. The van der Waals surface area contributed by atoms with Gasteiger partial charge in [0.1, 0.15) is 5.69 Å². The molecule has 1 aromatic heterocycles. The molecule has 25 heavy (non-hydrogen) atoms. The third-order valence-electron chi connectivity index (χ3n) is 5.13. The van der Waals surface area contributed by atoms with Crippen LogP contribution in [0, 0.1) is 11.3 Å². The lowest BCUT2D eigenvalue weighted by Crippen LogP contribution is -2.48. The van der Waals surface area contributed by atoms with E-state index in [-0.39, 0.29) is 23.8 Å². The largest absolute Gasteiger partial charge is 0.433 e. The summed E-state index contributed by atoms with van der Waals surface area (Å²) in [4.78, 5) is 19.8. The molecule has 1 aromatic rings. The Morgan fingerprint density at radius 3 is 3.00 bits per heavy atom. The lowest BCUT2D eigenvalue weighted by Gasteiger charge is -2.37. The highest BCUT2D eigenvalue weighted by atomic mass is 19.4. The Morgan fingerprint density at radius 2 is 2.20 bits per heavy atom. The number of halogens is 3. The number of hydrogen-bond acceptors (Lipinski definition) is 5. The van der Waals surface area contributed by atoms with Gasteiger partial charge in [0.05, 0.1) is 5.41 Å². The number of anilines is 1. The van der Waals surface area contributed by atoms with Crippen LogP contribution in [0.2, 0.25) is 0 Å². The van der Waals surface area contributed by atoms with Crippen LogP contribution in [0.1, 0.15) is 31.4 Å². The zero-order chi connectivity index (χ0) is 17.9. The second-order valence-electron chi connectivity index (χ2n) is 6.68. The smallest absolute Gasteiger partial charge is 0.354 e. The highest BCUT2D eigenvalue weighted by Gasteiger charge is 2.49. The van der Waals surface area contributed by atoms with E-state index in [1.54, 1.807) is 0 Å². The minimum absolute atomic E-state index is 0.0361. The Kier molecular flexibility index (Phi) is 5.12. The Morgan fingerprint density at radius 1 is 1.36 bits per heavy atom. The molecule has 6 nitrogen and oxygen atoms in total. The van der Waals surface area contributed by atoms with Crippen LogP contribution < -0.4 is 16.0 Å². The molecular formula is C16H22F3N5O. The van der Waals surface area contributed by atoms with Gasteiger partial charge >= 0.3 is 6.18 Å². The summed E-state index contributed by atoms with van der Waals surface area (Å²) >= 11 is 0. The number of alkyl halides is 3. The highest BCUT2D eigenvalue weighted by molar-refractivity contribution is 5.83. The van der Waals surface area contributed by atoms with Gasteiger partial charge in [0.25, 0.3) is 0 Å². The van der Waals surface area contributed by atoms with Crippen molar-refractivity contribution in [2.45, 2.75) is 31.9 Å². The predicted molar refractivity (Wildman–Crippen MR) is 85.8 cm³/mol. The molecule has 2 aliphatic rings. The summed E-state index contributed by atoms with van der Waals surface area (Å²) in [5.74, 6) is 0.315. The fourth-order valence-electron chi connectivity index (χ4n) is 3.82. The molecule has 1 saturated carbocycles. The van der Waals surface area contributed by atoms with Gasteiger partial charge in [0, 0.05) is 25.8 Å². The van der Waals surface area contributed by atoms with Crippen molar-refractivity contribution in [1.82, 2.24) is 20.6 Å². The van der Waals surface area contributed by atoms with Crippen LogP contribution in [0.5, 0.6) is 0 Å². The molecule has 2 atom stereocenters. The first kappa shape index (κ1) is 17.9. The summed E-state index contributed by atoms with van der Waals surface area (Å²) in [7, 11) is 0. The Hall–Kier alpha value is -1.90. The van der Waals surface area contributed by atoms with E-state index >= 15 is 0 Å². The standard InChI is InChI=1S/C16H22F3N5O/c17-16(18,19)12-4-6-22-14(24-12)23-8-7-21-13(25)15-5-2-1-3-11(15)9-20-10-15/h4,6,11,20H,1-3,5,7-10H2,(H,21,25)(H,22,23,24)/t11-,15+/m0/s1. The van der Waals surface area contributed by atoms with Crippen LogP contribution in [-0.4, -0.2) is 42.1 Å². The molecule has 0 radical (unpaired) electrons. The zero-order valence-corrected chi connectivity index (χ0v) is 13.8. The quantitative estimate of drug-likeness (QED) is 0.701. The second kappa shape index (κ2) is 7.15. The summed E-state index contributed by atoms with van der Waals surface area (Å²) in [6.45, 7) is 2.16. The molecule has 1 amide bonds. The van der Waals surface area contributed by atoms with Gasteiger partial charge in [-0.15, -0.1) is 0 Å². The SMILES string of the molecule is O=C(NCCNc1nccc(C(F)(F)F)n1)[C@@]12CCCC[C@H]1CNC2. The Balaban J connectivity index is 1.49. The minimum atomic E-state index is -4.50. The molecule has 0 bridgehead atoms. The molecule has 1 saturated heterocycles. The lowest BCUT2D eigenvalue weighted by molar-refractivity contribution is -0.141. The van der Waals surface area contributed by atoms with Crippen molar-refractivity contribution in [1.29, 1.82) is 0 Å². The van der Waals surface area contributed by atoms with E-state index in [9.17, 15) is 18.0 Å². The summed E-state index contributed by atoms with van der Waals surface area (Å²) in [5.41, 5.74) is -1.32. The van der Waals surface area contributed by atoms with Crippen molar-refractivity contribution in [2.75, 3.05) is 31.5 Å². The van der Waals surface area contributed by atoms with E-state index in [2.05, 4.69) is 25.9 Å². The maximum atomic E-state index is 12.6. The maximum Gasteiger partial charge on any atom is 0.433 e. The molecule has 1 aliphatic carbocycles. The van der Waals surface area contributed by atoms with E-state index in [0.29, 0.717) is 19.0 Å². The average Bonchev–Trinajstić information content (AvgIpc) is 3.03. The zero-order valence-electron chi connectivity index (χ0n) is 13.8. The number of carbonyl (C=O) groups is 1. The number of rotatable bonds is 5. The van der Waals surface area contributed by atoms with Gasteiger partial charge in [-0.05, 0) is 31.4 Å². The van der Waals surface area contributed by atoms with Crippen LogP contribution in [0.25, 0.3) is 0 Å². The van der Waals surface area contributed by atoms with Gasteiger partial charge < -0.3 is 16.0 Å². The normalized spacial score (nSPS) is 26.1. The van der Waals surface area contributed by atoms with Crippen LogP contribution in [0.15, 0.2) is 12.3 Å². The molecule has 2 heterocycles. The van der Waals surface area contributed by atoms with Crippen LogP contribution in [0.3, 0.4) is 0 Å². The summed E-state index contributed by atoms with van der Waals surface area (Å²) in [5, 5.41) is 8.95. The molecule has 9 heteroatoms. The van der Waals surface area contributed by atoms with Gasteiger partial charge in [-0.2, -0.15) is 13.2 Å². The highest BCUT2D eigenvalue weighted by Crippen LogP contribution is 2.43. The summed E-state index contributed by atoms with van der Waals surface area (Å²) in [6.07, 6.45) is 0.736. The topological polar surface area (TPSA) is 78.9 Å². The molecule has 3 N–H and O–H groups in total. The average molecular weight is 357 g/mol. The molecule has 2 fully saturated rings. The van der Waals surface area contributed by atoms with E-state index in [0.717, 1.165) is 44.5 Å². The third kappa shape index (κ3) is 3.86. The van der Waals surface area contributed by atoms with Gasteiger partial charge in [0.15, 0.2) is 0 Å². The third-order valence-corrected chi connectivity index (χ3v) is 5.13. The number of fused-ring (bicyclic) bond motifs is 1. The number of aromatic nitrogens is 2. The molecule has 0 aromatic carbocycles. The number of amides is 1. The van der Waals surface area contributed by atoms with Gasteiger partial charge in [0.2, 0.25) is 11.9 Å². The van der Waals surface area contributed by atoms with Gasteiger partial charge in [-0.1, -0.05) is 12.8 Å². The number of nitrogens with one attached hydrogen (secondary N) is 3. The fraction of sp³-hybridized carbons (Fsp3) is 0.688. The first-order chi connectivity index (χ1) is 11.9. The van der Waals surface area contributed by atoms with E-state index in [1.807, 2.05) is 0 Å². The Labute approximate surface area is 144 Å². The van der Waals surface area contributed by atoms with E-state index < -0.39 is 11.9 Å². The van der Waals surface area contributed by atoms with Crippen molar-refractivity contribution < 1.29 is 18.0 Å². The number of hydrogen-bond donors (Lipinski definition) is 3. The van der Waals surface area contributed by atoms with Crippen LogP contribution in [0.4, 0.5) is 19.1 Å². The van der Waals surface area contributed by atoms with Crippen molar-refractivity contribution in [3.8, 4) is 0 Å². The molecule has 138 valence electrons. The molecular weight excluding hydrogens is 335 g/mol. The molecule has 0 unspecified atom stereocenters. The number of carbonyl (C=O) groups excluding carboxylic acids is 1. The van der Waals surface area contributed by atoms with Crippen LogP contribution >= 0.6 is 0 Å². The Bertz CT molecular complexity index is 624. The number of nitrogens with zero attached hydrogens (tertiary/aromatic N) is 2. The van der Waals surface area contributed by atoms with Crippen molar-refractivity contribution >= 4 is 11.9 Å². The monoisotopic (exact) mass is 357 g/mol. The maximum absolute atomic E-state index is 12.6. The first-order valence-electron chi connectivity index (χ1n) is 8.55. The minimum Gasteiger partial charge on any atom is -0.354 e. The van der Waals surface area contributed by atoms with Crippen molar-refractivity contribution in [3.63, 3.8) is 0 Å². The summed E-state index contributed by atoms with van der Waals surface area (Å²) < 4.78 is 37.8.